The highest BCUT2D eigenvalue weighted by Crippen LogP contribution is 2.18. The van der Waals surface area contributed by atoms with Gasteiger partial charge < -0.3 is 5.73 Å². The number of amides is 1. The minimum atomic E-state index is -4.29. The Hall–Kier alpha value is -0.780. The van der Waals surface area contributed by atoms with Gasteiger partial charge in [-0.2, -0.15) is 13.2 Å². The molecule has 0 aromatic heterocycles. The smallest absolute Gasteiger partial charge is 0.368 e. The van der Waals surface area contributed by atoms with Crippen molar-refractivity contribution in [3.05, 3.63) is 0 Å². The summed E-state index contributed by atoms with van der Waals surface area (Å²) in [6.45, 7) is 2.26. The van der Waals surface area contributed by atoms with E-state index in [4.69, 9.17) is 5.73 Å². The molecule has 0 aliphatic heterocycles. The first-order valence-corrected chi connectivity index (χ1v) is 4.42. The van der Waals surface area contributed by atoms with Crippen LogP contribution in [0.25, 0.3) is 0 Å². The lowest BCUT2D eigenvalue weighted by atomic mass is 10.2. The Morgan fingerprint density at radius 3 is 2.14 bits per heavy atom. The molecule has 0 aliphatic carbocycles. The van der Waals surface area contributed by atoms with Crippen LogP contribution < -0.4 is 5.73 Å². The van der Waals surface area contributed by atoms with E-state index in [9.17, 15) is 18.0 Å². The average molecular weight is 212 g/mol. The summed E-state index contributed by atoms with van der Waals surface area (Å²) in [6, 6.07) is -0.832. The number of nitrogens with two attached hydrogens (primary N) is 1. The fourth-order valence-corrected chi connectivity index (χ4v) is 1.31. The van der Waals surface area contributed by atoms with Crippen molar-refractivity contribution in [3.63, 3.8) is 0 Å². The molecule has 0 aromatic rings. The van der Waals surface area contributed by atoms with Crippen LogP contribution in [-0.2, 0) is 4.79 Å². The quantitative estimate of drug-likeness (QED) is 0.742. The van der Waals surface area contributed by atoms with Crippen molar-refractivity contribution in [2.45, 2.75) is 32.5 Å². The zero-order valence-corrected chi connectivity index (χ0v) is 8.27. The zero-order valence-electron chi connectivity index (χ0n) is 8.27. The van der Waals surface area contributed by atoms with Crippen LogP contribution in [0.2, 0.25) is 0 Å². The van der Waals surface area contributed by atoms with E-state index in [1.54, 1.807) is 13.8 Å². The minimum Gasteiger partial charge on any atom is -0.368 e. The van der Waals surface area contributed by atoms with Gasteiger partial charge in [0, 0.05) is 0 Å². The molecule has 0 saturated carbocycles. The van der Waals surface area contributed by atoms with Crippen molar-refractivity contribution in [2.24, 2.45) is 5.73 Å². The maximum atomic E-state index is 12.1. The van der Waals surface area contributed by atoms with Gasteiger partial charge in [0.15, 0.2) is 0 Å². The molecule has 1 amide bonds. The molecule has 0 bridgehead atoms. The van der Waals surface area contributed by atoms with Crippen LogP contribution in [-0.4, -0.2) is 36.1 Å². The molecule has 0 heterocycles. The van der Waals surface area contributed by atoms with Crippen molar-refractivity contribution in [3.8, 4) is 0 Å². The first kappa shape index (κ1) is 13.2. The predicted octanol–water partition coefficient (Wildman–Crippen LogP) is 1.13. The molecule has 0 radical (unpaired) electrons. The Kier molecular flexibility index (Phi) is 4.90. The Morgan fingerprint density at radius 1 is 1.43 bits per heavy atom. The second-order valence-corrected chi connectivity index (χ2v) is 3.00. The molecule has 84 valence electrons. The molecule has 3 nitrogen and oxygen atoms in total. The molecule has 2 N–H and O–H groups in total. The summed E-state index contributed by atoms with van der Waals surface area (Å²) in [6.07, 6.45) is -4.00. The van der Waals surface area contributed by atoms with Gasteiger partial charge in [-0.3, -0.25) is 9.69 Å². The van der Waals surface area contributed by atoms with E-state index in [1.165, 1.54) is 0 Å². The number of rotatable bonds is 5. The van der Waals surface area contributed by atoms with Gasteiger partial charge in [0.1, 0.15) is 0 Å². The number of likely N-dealkylation sites (N-methyl/N-ethyl adjacent to an activating group) is 1. The minimum absolute atomic E-state index is 0.154. The van der Waals surface area contributed by atoms with Crippen LogP contribution in [0.5, 0.6) is 0 Å². The van der Waals surface area contributed by atoms with Crippen molar-refractivity contribution in [1.29, 1.82) is 0 Å². The molecule has 0 aromatic carbocycles. The standard InChI is InChI=1S/C8H15F3N2O/c1-3-6(7(12)14)13(4-2)5-8(9,10)11/h6H,3-5H2,1-2H3,(H2,12,14). The van der Waals surface area contributed by atoms with Crippen molar-refractivity contribution in [2.75, 3.05) is 13.1 Å². The van der Waals surface area contributed by atoms with Crippen LogP contribution in [0, 0.1) is 0 Å². The fourth-order valence-electron chi connectivity index (χ4n) is 1.31. The first-order chi connectivity index (χ1) is 6.31. The molecule has 0 fully saturated rings. The molecule has 0 aliphatic rings. The molecule has 1 unspecified atom stereocenters. The third-order valence-electron chi connectivity index (χ3n) is 1.94. The van der Waals surface area contributed by atoms with Crippen molar-refractivity contribution < 1.29 is 18.0 Å². The maximum absolute atomic E-state index is 12.1. The number of nitrogens with zero attached hydrogens (tertiary/aromatic N) is 1. The summed E-state index contributed by atoms with van der Waals surface area (Å²) in [5, 5.41) is 0. The molecule has 0 rings (SSSR count). The van der Waals surface area contributed by atoms with Gasteiger partial charge in [0.25, 0.3) is 0 Å². The maximum Gasteiger partial charge on any atom is 0.401 e. The highest BCUT2D eigenvalue weighted by Gasteiger charge is 2.34. The lowest BCUT2D eigenvalue weighted by molar-refractivity contribution is -0.154. The molecule has 0 spiro atoms. The van der Waals surface area contributed by atoms with Gasteiger partial charge in [0.05, 0.1) is 12.6 Å². The Morgan fingerprint density at radius 2 is 1.93 bits per heavy atom. The van der Waals surface area contributed by atoms with Crippen molar-refractivity contribution >= 4 is 5.91 Å². The van der Waals surface area contributed by atoms with E-state index in [2.05, 4.69) is 0 Å². The highest BCUT2D eigenvalue weighted by atomic mass is 19.4. The third kappa shape index (κ3) is 4.45. The summed E-state index contributed by atoms with van der Waals surface area (Å²) < 4.78 is 36.2. The first-order valence-electron chi connectivity index (χ1n) is 4.42. The Labute approximate surface area is 81.1 Å². The zero-order chi connectivity index (χ0) is 11.4. The second kappa shape index (κ2) is 5.19. The number of primary amides is 1. The lowest BCUT2D eigenvalue weighted by Crippen LogP contribution is -2.48. The van der Waals surface area contributed by atoms with E-state index >= 15 is 0 Å². The molecular weight excluding hydrogens is 197 g/mol. The van der Waals surface area contributed by atoms with Gasteiger partial charge in [-0.05, 0) is 13.0 Å². The van der Waals surface area contributed by atoms with E-state index in [0.29, 0.717) is 6.42 Å². The topological polar surface area (TPSA) is 46.3 Å². The van der Waals surface area contributed by atoms with Gasteiger partial charge in [-0.15, -0.1) is 0 Å². The number of hydrogen-bond donors (Lipinski definition) is 1. The van der Waals surface area contributed by atoms with Crippen LogP contribution in [0.3, 0.4) is 0 Å². The van der Waals surface area contributed by atoms with Gasteiger partial charge >= 0.3 is 6.18 Å². The molecule has 6 heteroatoms. The number of alkyl halides is 3. The summed E-state index contributed by atoms with van der Waals surface area (Å²) in [5.74, 6) is -0.710. The average Bonchev–Trinajstić information content (AvgIpc) is 2.00. The molecule has 1 atom stereocenters. The summed E-state index contributed by atoms with van der Waals surface area (Å²) in [4.78, 5) is 11.9. The van der Waals surface area contributed by atoms with E-state index in [-0.39, 0.29) is 6.54 Å². The van der Waals surface area contributed by atoms with Crippen LogP contribution >= 0.6 is 0 Å². The second-order valence-electron chi connectivity index (χ2n) is 3.00. The van der Waals surface area contributed by atoms with Crippen molar-refractivity contribution in [1.82, 2.24) is 4.90 Å². The van der Waals surface area contributed by atoms with Crippen LogP contribution in [0.1, 0.15) is 20.3 Å². The van der Waals surface area contributed by atoms with E-state index in [0.717, 1.165) is 4.90 Å². The Bertz CT molecular complexity index is 194. The number of carbonyl (C=O) groups is 1. The third-order valence-corrected chi connectivity index (χ3v) is 1.94. The molecule has 14 heavy (non-hydrogen) atoms. The lowest BCUT2D eigenvalue weighted by Gasteiger charge is -2.28. The summed E-state index contributed by atoms with van der Waals surface area (Å²) >= 11 is 0. The van der Waals surface area contributed by atoms with Gasteiger partial charge in [0.2, 0.25) is 5.91 Å². The predicted molar refractivity (Wildman–Crippen MR) is 46.6 cm³/mol. The Balaban J connectivity index is 4.45. The van der Waals surface area contributed by atoms with Gasteiger partial charge in [-0.1, -0.05) is 13.8 Å². The van der Waals surface area contributed by atoms with Crippen LogP contribution in [0.15, 0.2) is 0 Å². The normalized spacial score (nSPS) is 14.4. The largest absolute Gasteiger partial charge is 0.401 e. The highest BCUT2D eigenvalue weighted by molar-refractivity contribution is 5.79. The van der Waals surface area contributed by atoms with E-state index < -0.39 is 24.7 Å². The van der Waals surface area contributed by atoms with E-state index in [1.807, 2.05) is 0 Å². The SMILES string of the molecule is CCC(C(N)=O)N(CC)CC(F)(F)F. The number of hydrogen-bond acceptors (Lipinski definition) is 2. The summed E-state index contributed by atoms with van der Waals surface area (Å²) in [5.41, 5.74) is 4.99. The van der Waals surface area contributed by atoms with Crippen LogP contribution in [0.4, 0.5) is 13.2 Å². The number of halogens is 3. The molecular formula is C8H15F3N2O. The fraction of sp³-hybridized carbons (Fsp3) is 0.875. The number of carbonyl (C=O) groups excluding carboxylic acids is 1. The monoisotopic (exact) mass is 212 g/mol. The molecule has 0 saturated heterocycles. The van der Waals surface area contributed by atoms with Gasteiger partial charge in [-0.25, -0.2) is 0 Å². The summed E-state index contributed by atoms with van der Waals surface area (Å²) in [7, 11) is 0.